The van der Waals surface area contributed by atoms with E-state index in [2.05, 4.69) is 33.2 Å². The van der Waals surface area contributed by atoms with Gasteiger partial charge in [-0.25, -0.2) is 0 Å². The minimum Gasteiger partial charge on any atom is -0.425 e. The Kier molecular flexibility index (Phi) is 3.80. The molecular formula is C15H23N5O. The van der Waals surface area contributed by atoms with Crippen LogP contribution in [0.25, 0.3) is 0 Å². The summed E-state index contributed by atoms with van der Waals surface area (Å²) in [4.78, 5) is 2.49. The zero-order chi connectivity index (χ0) is 15.0. The maximum absolute atomic E-state index is 5.65. The maximum atomic E-state index is 5.65. The lowest BCUT2D eigenvalue weighted by Crippen LogP contribution is -2.42. The molecule has 0 saturated carbocycles. The van der Waals surface area contributed by atoms with E-state index in [0.717, 1.165) is 37.5 Å². The van der Waals surface area contributed by atoms with E-state index in [0.29, 0.717) is 17.9 Å². The van der Waals surface area contributed by atoms with Gasteiger partial charge >= 0.3 is 0 Å². The summed E-state index contributed by atoms with van der Waals surface area (Å²) in [6, 6.07) is 2.56. The van der Waals surface area contributed by atoms with E-state index in [1.807, 2.05) is 25.6 Å². The molecular weight excluding hydrogens is 266 g/mol. The summed E-state index contributed by atoms with van der Waals surface area (Å²) < 4.78 is 7.63. The number of piperidine rings is 1. The van der Waals surface area contributed by atoms with Crippen LogP contribution in [0.15, 0.2) is 10.5 Å². The molecule has 6 nitrogen and oxygen atoms in total. The number of nitrogens with zero attached hydrogens (tertiary/aromatic N) is 5. The van der Waals surface area contributed by atoms with Crippen LogP contribution in [0.2, 0.25) is 0 Å². The number of aromatic nitrogens is 4. The van der Waals surface area contributed by atoms with Crippen molar-refractivity contribution >= 4 is 0 Å². The van der Waals surface area contributed by atoms with E-state index in [1.54, 1.807) is 0 Å². The average Bonchev–Trinajstić information content (AvgIpc) is 2.98. The molecule has 0 radical (unpaired) electrons. The Balaban J connectivity index is 1.75. The highest BCUT2D eigenvalue weighted by Gasteiger charge is 2.32. The van der Waals surface area contributed by atoms with Crippen LogP contribution < -0.4 is 0 Å². The Bertz CT molecular complexity index is 617. The monoisotopic (exact) mass is 289 g/mol. The van der Waals surface area contributed by atoms with Crippen LogP contribution in [0.5, 0.6) is 0 Å². The highest BCUT2D eigenvalue weighted by Crippen LogP contribution is 2.32. The molecule has 2 aromatic rings. The van der Waals surface area contributed by atoms with Crippen molar-refractivity contribution in [2.75, 3.05) is 6.54 Å². The van der Waals surface area contributed by atoms with Gasteiger partial charge in [0.2, 0.25) is 11.8 Å². The summed E-state index contributed by atoms with van der Waals surface area (Å²) in [6.07, 6.45) is 2.27. The Morgan fingerprint density at radius 2 is 2.14 bits per heavy atom. The van der Waals surface area contributed by atoms with Crippen molar-refractivity contribution in [2.24, 2.45) is 7.05 Å². The molecule has 0 spiro atoms. The first-order valence-corrected chi connectivity index (χ1v) is 7.58. The van der Waals surface area contributed by atoms with Crippen LogP contribution >= 0.6 is 0 Å². The summed E-state index contributed by atoms with van der Waals surface area (Å²) in [7, 11) is 2.01. The highest BCUT2D eigenvalue weighted by atomic mass is 16.4. The largest absolute Gasteiger partial charge is 0.425 e. The van der Waals surface area contributed by atoms with Crippen molar-refractivity contribution < 1.29 is 4.42 Å². The minimum atomic E-state index is 0.328. The molecule has 0 unspecified atom stereocenters. The molecule has 2 aromatic heterocycles. The molecule has 0 bridgehead atoms. The highest BCUT2D eigenvalue weighted by molar-refractivity contribution is 5.09. The van der Waals surface area contributed by atoms with E-state index in [-0.39, 0.29) is 0 Å². The van der Waals surface area contributed by atoms with Crippen molar-refractivity contribution in [1.82, 2.24) is 24.9 Å². The van der Waals surface area contributed by atoms with Crippen LogP contribution in [0, 0.1) is 13.8 Å². The zero-order valence-corrected chi connectivity index (χ0v) is 13.2. The standard InChI is InChI=1S/C15H23N5O/c1-10-8-13(19(4)18-10)9-20-7-5-6-14(11(20)2)15-17-16-12(3)21-15/h8,11,14H,5-7,9H2,1-4H3/t11-,14-/m0/s1. The number of hydrogen-bond acceptors (Lipinski definition) is 5. The summed E-state index contributed by atoms with van der Waals surface area (Å²) in [5.41, 5.74) is 2.32. The fraction of sp³-hybridized carbons (Fsp3) is 0.667. The predicted octanol–water partition coefficient (Wildman–Crippen LogP) is 2.19. The Labute approximate surface area is 125 Å². The third-order valence-electron chi connectivity index (χ3n) is 4.44. The molecule has 21 heavy (non-hydrogen) atoms. The molecule has 1 aliphatic heterocycles. The molecule has 0 aromatic carbocycles. The van der Waals surface area contributed by atoms with Crippen LogP contribution in [-0.4, -0.2) is 37.5 Å². The zero-order valence-electron chi connectivity index (χ0n) is 13.2. The van der Waals surface area contributed by atoms with Crippen molar-refractivity contribution in [3.8, 4) is 0 Å². The molecule has 1 saturated heterocycles. The number of likely N-dealkylation sites (tertiary alicyclic amines) is 1. The lowest BCUT2D eigenvalue weighted by Gasteiger charge is -2.37. The number of aryl methyl sites for hydroxylation is 3. The average molecular weight is 289 g/mol. The normalized spacial score (nSPS) is 23.6. The summed E-state index contributed by atoms with van der Waals surface area (Å²) >= 11 is 0. The van der Waals surface area contributed by atoms with Crippen molar-refractivity contribution in [3.63, 3.8) is 0 Å². The van der Waals surface area contributed by atoms with Crippen LogP contribution in [0.1, 0.15) is 48.9 Å². The van der Waals surface area contributed by atoms with Gasteiger partial charge in [-0.1, -0.05) is 0 Å². The second-order valence-corrected chi connectivity index (χ2v) is 6.02. The first kappa shape index (κ1) is 14.3. The fourth-order valence-electron chi connectivity index (χ4n) is 3.25. The van der Waals surface area contributed by atoms with Gasteiger partial charge in [-0.2, -0.15) is 5.10 Å². The quantitative estimate of drug-likeness (QED) is 0.867. The third kappa shape index (κ3) is 2.85. The maximum Gasteiger partial charge on any atom is 0.221 e. The van der Waals surface area contributed by atoms with E-state index in [4.69, 9.17) is 4.42 Å². The van der Waals surface area contributed by atoms with Gasteiger partial charge in [-0.15, -0.1) is 10.2 Å². The van der Waals surface area contributed by atoms with Gasteiger partial charge in [0, 0.05) is 26.6 Å². The van der Waals surface area contributed by atoms with E-state index >= 15 is 0 Å². The lowest BCUT2D eigenvalue weighted by molar-refractivity contribution is 0.116. The van der Waals surface area contributed by atoms with Gasteiger partial charge in [0.15, 0.2) is 0 Å². The fourth-order valence-corrected chi connectivity index (χ4v) is 3.25. The first-order valence-electron chi connectivity index (χ1n) is 7.58. The van der Waals surface area contributed by atoms with E-state index < -0.39 is 0 Å². The molecule has 0 aliphatic carbocycles. The molecule has 114 valence electrons. The lowest BCUT2D eigenvalue weighted by atomic mass is 9.90. The van der Waals surface area contributed by atoms with Crippen molar-refractivity contribution in [2.45, 2.75) is 52.1 Å². The summed E-state index contributed by atoms with van der Waals surface area (Å²) in [6.45, 7) is 8.16. The van der Waals surface area contributed by atoms with Gasteiger partial charge in [-0.05, 0) is 39.3 Å². The van der Waals surface area contributed by atoms with Crippen LogP contribution in [0.3, 0.4) is 0 Å². The van der Waals surface area contributed by atoms with E-state index in [1.165, 1.54) is 5.69 Å². The predicted molar refractivity (Wildman–Crippen MR) is 78.8 cm³/mol. The molecule has 0 N–H and O–H groups in total. The molecule has 6 heteroatoms. The van der Waals surface area contributed by atoms with Crippen molar-refractivity contribution in [3.05, 3.63) is 29.2 Å². The van der Waals surface area contributed by atoms with Gasteiger partial charge in [0.05, 0.1) is 17.3 Å². The second-order valence-electron chi connectivity index (χ2n) is 6.02. The van der Waals surface area contributed by atoms with Gasteiger partial charge in [0.1, 0.15) is 0 Å². The van der Waals surface area contributed by atoms with Gasteiger partial charge < -0.3 is 4.42 Å². The summed E-state index contributed by atoms with van der Waals surface area (Å²) in [5, 5.41) is 12.6. The Morgan fingerprint density at radius 3 is 2.76 bits per heavy atom. The Hall–Kier alpha value is -1.69. The molecule has 1 aliphatic rings. The SMILES string of the molecule is Cc1cc(CN2CCC[C@H](c3nnc(C)o3)[C@@H]2C)n(C)n1. The van der Waals surface area contributed by atoms with Gasteiger partial charge in [-0.3, -0.25) is 9.58 Å². The van der Waals surface area contributed by atoms with Gasteiger partial charge in [0.25, 0.3) is 0 Å². The molecule has 3 rings (SSSR count). The Morgan fingerprint density at radius 1 is 1.33 bits per heavy atom. The molecule has 0 amide bonds. The smallest absolute Gasteiger partial charge is 0.221 e. The third-order valence-corrected chi connectivity index (χ3v) is 4.44. The first-order chi connectivity index (χ1) is 10.0. The molecule has 1 fully saturated rings. The summed E-state index contributed by atoms with van der Waals surface area (Å²) in [5.74, 6) is 1.76. The van der Waals surface area contributed by atoms with Crippen LogP contribution in [0.4, 0.5) is 0 Å². The van der Waals surface area contributed by atoms with E-state index in [9.17, 15) is 0 Å². The van der Waals surface area contributed by atoms with Crippen LogP contribution in [-0.2, 0) is 13.6 Å². The molecule has 3 heterocycles. The number of rotatable bonds is 3. The van der Waals surface area contributed by atoms with Crippen molar-refractivity contribution in [1.29, 1.82) is 0 Å². The topological polar surface area (TPSA) is 60.0 Å². The minimum absolute atomic E-state index is 0.328. The second kappa shape index (κ2) is 5.60. The number of hydrogen-bond donors (Lipinski definition) is 0. The molecule has 2 atom stereocenters.